The predicted octanol–water partition coefficient (Wildman–Crippen LogP) is 2.38. The van der Waals surface area contributed by atoms with Gasteiger partial charge in [0, 0.05) is 17.4 Å². The van der Waals surface area contributed by atoms with E-state index < -0.39 is 23.5 Å². The van der Waals surface area contributed by atoms with Crippen molar-refractivity contribution in [1.82, 2.24) is 0 Å². The maximum absolute atomic E-state index is 11.3. The molecule has 0 saturated heterocycles. The van der Waals surface area contributed by atoms with E-state index in [1.807, 2.05) is 6.92 Å². The number of hydrogen-bond donors (Lipinski definition) is 4. The molecule has 0 aromatic heterocycles. The van der Waals surface area contributed by atoms with Crippen molar-refractivity contribution in [2.24, 2.45) is 22.7 Å². The van der Waals surface area contributed by atoms with Crippen molar-refractivity contribution in [1.29, 1.82) is 0 Å². The van der Waals surface area contributed by atoms with Crippen molar-refractivity contribution in [2.45, 2.75) is 45.6 Å². The Labute approximate surface area is 153 Å². The van der Waals surface area contributed by atoms with Crippen LogP contribution in [0, 0.1) is 22.7 Å². The molecule has 0 spiro atoms. The molecule has 0 aliphatic heterocycles. The van der Waals surface area contributed by atoms with Gasteiger partial charge in [0.1, 0.15) is 0 Å². The predicted molar refractivity (Wildman–Crippen MR) is 96.4 cm³/mol. The van der Waals surface area contributed by atoms with Crippen LogP contribution < -0.4 is 0 Å². The molecule has 0 amide bonds. The number of aliphatic hydroxyl groups is 2. The fraction of sp³-hybridized carbons (Fsp3) is 0.600. The van der Waals surface area contributed by atoms with Gasteiger partial charge in [0.05, 0.1) is 18.3 Å². The van der Waals surface area contributed by atoms with Gasteiger partial charge in [-0.2, -0.15) is 0 Å². The van der Waals surface area contributed by atoms with Gasteiger partial charge in [-0.1, -0.05) is 38.2 Å². The second-order valence-corrected chi connectivity index (χ2v) is 8.05. The Kier molecular flexibility index (Phi) is 5.78. The first kappa shape index (κ1) is 20.4. The molecule has 4 N–H and O–H groups in total. The van der Waals surface area contributed by atoms with Gasteiger partial charge in [0.25, 0.3) is 0 Å². The second-order valence-electron chi connectivity index (χ2n) is 8.05. The molecule has 144 valence electrons. The van der Waals surface area contributed by atoms with Crippen molar-refractivity contribution in [2.75, 3.05) is 6.61 Å². The van der Waals surface area contributed by atoms with Crippen molar-refractivity contribution < 1.29 is 30.0 Å². The van der Waals surface area contributed by atoms with E-state index in [1.54, 1.807) is 6.08 Å². The average Bonchev–Trinajstić information content (AvgIpc) is 2.56. The van der Waals surface area contributed by atoms with E-state index in [0.29, 0.717) is 12.5 Å². The van der Waals surface area contributed by atoms with E-state index in [4.69, 9.17) is 5.11 Å². The third-order valence-electron chi connectivity index (χ3n) is 6.55. The largest absolute Gasteiger partial charge is 0.478 e. The third-order valence-corrected chi connectivity index (χ3v) is 6.55. The summed E-state index contributed by atoms with van der Waals surface area (Å²) in [6.45, 7) is 8.03. The monoisotopic (exact) mass is 364 g/mol. The molecule has 6 heteroatoms. The van der Waals surface area contributed by atoms with Gasteiger partial charge in [-0.3, -0.25) is 0 Å². The molecule has 0 heterocycles. The lowest BCUT2D eigenvalue weighted by Gasteiger charge is -2.59. The summed E-state index contributed by atoms with van der Waals surface area (Å²) in [5, 5.41) is 38.5. The Hall–Kier alpha value is -1.92. The summed E-state index contributed by atoms with van der Waals surface area (Å²) in [6.07, 6.45) is 5.97. The summed E-state index contributed by atoms with van der Waals surface area (Å²) in [7, 11) is 0. The molecule has 6 nitrogen and oxygen atoms in total. The molecule has 0 aromatic carbocycles. The summed E-state index contributed by atoms with van der Waals surface area (Å²) in [5.41, 5.74) is -0.227. The lowest BCUT2D eigenvalue weighted by atomic mass is 9.46. The topological polar surface area (TPSA) is 115 Å². The Balaban J connectivity index is 2.41. The van der Waals surface area contributed by atoms with E-state index in [1.165, 1.54) is 6.08 Å². The van der Waals surface area contributed by atoms with Gasteiger partial charge >= 0.3 is 11.9 Å². The van der Waals surface area contributed by atoms with Gasteiger partial charge in [-0.25, -0.2) is 9.59 Å². The first-order chi connectivity index (χ1) is 12.1. The number of aliphatic carboxylic acids is 2. The van der Waals surface area contributed by atoms with Gasteiger partial charge < -0.3 is 20.4 Å². The number of carboxylic acids is 2. The zero-order valence-corrected chi connectivity index (χ0v) is 15.3. The lowest BCUT2D eigenvalue weighted by Crippen LogP contribution is -2.57. The molecule has 0 radical (unpaired) electrons. The minimum absolute atomic E-state index is 0.0561. The number of aliphatic hydroxyl groups excluding tert-OH is 2. The van der Waals surface area contributed by atoms with Gasteiger partial charge in [-0.15, -0.1) is 0 Å². The smallest absolute Gasteiger partial charge is 0.335 e. The van der Waals surface area contributed by atoms with E-state index >= 15 is 0 Å². The van der Waals surface area contributed by atoms with Crippen LogP contribution in [0.25, 0.3) is 0 Å². The highest BCUT2D eigenvalue weighted by Gasteiger charge is 2.57. The number of rotatable bonds is 5. The van der Waals surface area contributed by atoms with E-state index in [0.717, 1.165) is 24.8 Å². The molecule has 2 saturated carbocycles. The minimum Gasteiger partial charge on any atom is -0.478 e. The number of carbonyl (C=O) groups is 2. The summed E-state index contributed by atoms with van der Waals surface area (Å²) in [5.74, 6) is -2.70. The first-order valence-corrected chi connectivity index (χ1v) is 8.89. The molecule has 0 aromatic rings. The quantitative estimate of drug-likeness (QED) is 0.338. The SMILES string of the molecule is C=C1CC[C@@H]2[C@](C)(CO)[C@H](O)CC[C@]2(C)[C@@H]1/C=C/C(=C/C(=O)O)C(=O)O. The van der Waals surface area contributed by atoms with Crippen LogP contribution in [0.1, 0.15) is 39.5 Å². The Morgan fingerprint density at radius 1 is 1.27 bits per heavy atom. The van der Waals surface area contributed by atoms with Crippen LogP contribution in [-0.4, -0.2) is 45.1 Å². The van der Waals surface area contributed by atoms with E-state index in [2.05, 4.69) is 13.5 Å². The van der Waals surface area contributed by atoms with Crippen LogP contribution in [0.5, 0.6) is 0 Å². The molecule has 26 heavy (non-hydrogen) atoms. The summed E-state index contributed by atoms with van der Waals surface area (Å²) in [6, 6.07) is 0. The average molecular weight is 364 g/mol. The lowest BCUT2D eigenvalue weighted by molar-refractivity contribution is -0.145. The Morgan fingerprint density at radius 2 is 1.92 bits per heavy atom. The highest BCUT2D eigenvalue weighted by Crippen LogP contribution is 2.61. The van der Waals surface area contributed by atoms with E-state index in [-0.39, 0.29) is 29.4 Å². The van der Waals surface area contributed by atoms with Crippen LogP contribution in [0.4, 0.5) is 0 Å². The molecular formula is C20H28O6. The maximum atomic E-state index is 11.3. The van der Waals surface area contributed by atoms with Gasteiger partial charge in [0.2, 0.25) is 0 Å². The van der Waals surface area contributed by atoms with Crippen LogP contribution in [0.2, 0.25) is 0 Å². The molecule has 0 unspecified atom stereocenters. The highest BCUT2D eigenvalue weighted by molar-refractivity contribution is 5.97. The van der Waals surface area contributed by atoms with Crippen molar-refractivity contribution in [3.63, 3.8) is 0 Å². The second kappa shape index (κ2) is 7.37. The van der Waals surface area contributed by atoms with Crippen molar-refractivity contribution in [3.05, 3.63) is 36.0 Å². The highest BCUT2D eigenvalue weighted by atomic mass is 16.4. The number of fused-ring (bicyclic) bond motifs is 1. The van der Waals surface area contributed by atoms with Crippen molar-refractivity contribution in [3.8, 4) is 0 Å². The summed E-state index contributed by atoms with van der Waals surface area (Å²) >= 11 is 0. The third kappa shape index (κ3) is 3.48. The maximum Gasteiger partial charge on any atom is 0.335 e. The molecular weight excluding hydrogens is 336 g/mol. The molecule has 5 atom stereocenters. The summed E-state index contributed by atoms with van der Waals surface area (Å²) < 4.78 is 0. The number of carboxylic acid groups (broad SMARTS) is 2. The van der Waals surface area contributed by atoms with Crippen LogP contribution in [0.15, 0.2) is 36.0 Å². The fourth-order valence-electron chi connectivity index (χ4n) is 5.01. The van der Waals surface area contributed by atoms with Crippen molar-refractivity contribution >= 4 is 11.9 Å². The normalized spacial score (nSPS) is 38.2. The molecule has 2 aliphatic carbocycles. The van der Waals surface area contributed by atoms with E-state index in [9.17, 15) is 24.9 Å². The number of hydrogen-bond acceptors (Lipinski definition) is 4. The standard InChI is InChI=1S/C20H28O6/c1-12-4-7-15-19(2,9-8-16(22)20(15,3)11-21)14(12)6-5-13(18(25)26)10-17(23)24/h5-6,10,14-16,21-22H,1,4,7-9,11H2,2-3H3,(H,23,24)(H,25,26)/b6-5+,13-10-/t14-,15+,16-,19-,20+/m1/s1. The Morgan fingerprint density at radius 3 is 2.46 bits per heavy atom. The zero-order valence-electron chi connectivity index (χ0n) is 15.3. The first-order valence-electron chi connectivity index (χ1n) is 8.89. The molecule has 2 aliphatic rings. The minimum atomic E-state index is -1.31. The zero-order chi connectivity index (χ0) is 19.7. The molecule has 0 bridgehead atoms. The Bertz CT molecular complexity index is 663. The van der Waals surface area contributed by atoms with Crippen LogP contribution in [-0.2, 0) is 9.59 Å². The van der Waals surface area contributed by atoms with Gasteiger partial charge in [-0.05, 0) is 37.0 Å². The van der Waals surface area contributed by atoms with Gasteiger partial charge in [0.15, 0.2) is 0 Å². The summed E-state index contributed by atoms with van der Waals surface area (Å²) in [4.78, 5) is 22.1. The fourth-order valence-corrected chi connectivity index (χ4v) is 5.01. The molecule has 2 rings (SSSR count). The van der Waals surface area contributed by atoms with Crippen LogP contribution >= 0.6 is 0 Å². The van der Waals surface area contributed by atoms with Crippen LogP contribution in [0.3, 0.4) is 0 Å². The number of allylic oxidation sites excluding steroid dienone is 2. The molecule has 2 fully saturated rings.